The summed E-state index contributed by atoms with van der Waals surface area (Å²) in [5.41, 5.74) is 3.39. The van der Waals surface area contributed by atoms with Crippen LogP contribution in [0.2, 0.25) is 0 Å². The number of nitrogens with one attached hydrogen (secondary N) is 1. The molecule has 7 heteroatoms. The molecular weight excluding hydrogens is 374 g/mol. The molecule has 1 aliphatic heterocycles. The molecule has 0 amide bonds. The zero-order valence-electron chi connectivity index (χ0n) is 16.5. The van der Waals surface area contributed by atoms with Crippen LogP contribution in [-0.4, -0.2) is 34.3 Å². The second-order valence-electron chi connectivity index (χ2n) is 7.08. The number of aryl methyl sites for hydroxylation is 2. The van der Waals surface area contributed by atoms with Crippen LogP contribution < -0.4 is 10.2 Å². The molecule has 3 rings (SSSR count). The lowest BCUT2D eigenvalue weighted by Gasteiger charge is -2.25. The first-order chi connectivity index (χ1) is 13.1. The van der Waals surface area contributed by atoms with Gasteiger partial charge in [-0.25, -0.2) is 4.98 Å². The summed E-state index contributed by atoms with van der Waals surface area (Å²) in [6.45, 7) is 5.13. The molecule has 2 N–H and O–H groups in total. The maximum atomic E-state index is 9.67. The number of rotatable bonds is 7. The number of anilines is 3. The van der Waals surface area contributed by atoms with Crippen molar-refractivity contribution in [3.63, 3.8) is 0 Å². The van der Waals surface area contributed by atoms with E-state index < -0.39 is 0 Å². The van der Waals surface area contributed by atoms with Gasteiger partial charge in [0.05, 0.1) is 24.3 Å². The van der Waals surface area contributed by atoms with Crippen LogP contribution in [-0.2, 0) is 6.42 Å². The Kier molecular flexibility index (Phi) is 8.04. The van der Waals surface area contributed by atoms with Crippen LogP contribution in [0.5, 0.6) is 0 Å². The van der Waals surface area contributed by atoms with E-state index in [0.29, 0.717) is 11.5 Å². The number of halogens is 1. The van der Waals surface area contributed by atoms with E-state index in [2.05, 4.69) is 28.2 Å². The van der Waals surface area contributed by atoms with Crippen LogP contribution in [0.4, 0.5) is 17.5 Å². The van der Waals surface area contributed by atoms with Crippen molar-refractivity contribution in [2.24, 2.45) is 0 Å². The minimum atomic E-state index is 0. The number of aliphatic hydroxyl groups excluding tert-OH is 1. The van der Waals surface area contributed by atoms with Gasteiger partial charge < -0.3 is 15.3 Å². The molecule has 1 fully saturated rings. The summed E-state index contributed by atoms with van der Waals surface area (Å²) in [6.07, 6.45) is 5.12. The van der Waals surface area contributed by atoms with Gasteiger partial charge in [0.25, 0.3) is 0 Å². The van der Waals surface area contributed by atoms with Gasteiger partial charge in [-0.05, 0) is 50.3 Å². The predicted octanol–water partition coefficient (Wildman–Crippen LogP) is 4.13. The van der Waals surface area contributed by atoms with Crippen LogP contribution in [0, 0.1) is 18.3 Å². The zero-order chi connectivity index (χ0) is 19.2. The lowest BCUT2D eigenvalue weighted by atomic mass is 10.1. The molecule has 1 atom stereocenters. The van der Waals surface area contributed by atoms with Crippen LogP contribution in [0.15, 0.2) is 24.3 Å². The minimum absolute atomic E-state index is 0. The Labute approximate surface area is 173 Å². The van der Waals surface area contributed by atoms with Crippen LogP contribution in [0.1, 0.15) is 49.4 Å². The number of aromatic nitrogens is 2. The van der Waals surface area contributed by atoms with Crippen molar-refractivity contribution in [3.8, 4) is 6.07 Å². The fourth-order valence-corrected chi connectivity index (χ4v) is 3.45. The third-order valence-corrected chi connectivity index (χ3v) is 5.05. The van der Waals surface area contributed by atoms with Gasteiger partial charge >= 0.3 is 0 Å². The lowest BCUT2D eigenvalue weighted by molar-refractivity contribution is 0.266. The van der Waals surface area contributed by atoms with Gasteiger partial charge in [0.15, 0.2) is 0 Å². The minimum Gasteiger partial charge on any atom is -0.394 e. The lowest BCUT2D eigenvalue weighted by Crippen LogP contribution is -2.33. The van der Waals surface area contributed by atoms with Gasteiger partial charge in [-0.3, -0.25) is 0 Å². The second-order valence-corrected chi connectivity index (χ2v) is 7.08. The molecule has 0 unspecified atom stereocenters. The Morgan fingerprint density at radius 1 is 1.32 bits per heavy atom. The van der Waals surface area contributed by atoms with E-state index in [1.165, 1.54) is 0 Å². The molecule has 0 saturated carbocycles. The van der Waals surface area contributed by atoms with E-state index in [1.54, 1.807) is 0 Å². The fraction of sp³-hybridized carbons (Fsp3) is 0.476. The maximum absolute atomic E-state index is 9.67. The second kappa shape index (κ2) is 10.3. The van der Waals surface area contributed by atoms with Gasteiger partial charge in [0, 0.05) is 24.0 Å². The number of nitriles is 1. The highest BCUT2D eigenvalue weighted by Gasteiger charge is 2.25. The van der Waals surface area contributed by atoms with Gasteiger partial charge in [-0.2, -0.15) is 10.2 Å². The predicted molar refractivity (Wildman–Crippen MR) is 115 cm³/mol. The Morgan fingerprint density at radius 3 is 2.86 bits per heavy atom. The summed E-state index contributed by atoms with van der Waals surface area (Å²) in [6, 6.07) is 10.1. The molecule has 1 aromatic heterocycles. The Bertz CT molecular complexity index is 836. The molecule has 0 spiro atoms. The number of benzene rings is 1. The van der Waals surface area contributed by atoms with Crippen molar-refractivity contribution in [2.75, 3.05) is 23.4 Å². The quantitative estimate of drug-likeness (QED) is 0.725. The first kappa shape index (κ1) is 21.9. The molecule has 2 aromatic rings. The normalized spacial score (nSPS) is 15.8. The van der Waals surface area contributed by atoms with Crippen LogP contribution in [0.25, 0.3) is 0 Å². The Hall–Kier alpha value is -2.36. The molecule has 1 saturated heterocycles. The van der Waals surface area contributed by atoms with E-state index in [1.807, 2.05) is 31.2 Å². The third-order valence-electron chi connectivity index (χ3n) is 5.05. The average molecular weight is 402 g/mol. The SMILES string of the molecule is CCCCc1cc(N2CCC[C@H]2CO)nc(Nc2ccc(C)c(C#N)c2)n1.Cl. The molecule has 1 aliphatic rings. The zero-order valence-corrected chi connectivity index (χ0v) is 17.3. The van der Waals surface area contributed by atoms with Crippen molar-refractivity contribution in [1.82, 2.24) is 9.97 Å². The van der Waals surface area contributed by atoms with Crippen LogP contribution in [0.3, 0.4) is 0 Å². The summed E-state index contributed by atoms with van der Waals surface area (Å²) in [5, 5.41) is 22.2. The van der Waals surface area contributed by atoms with Gasteiger partial charge in [0.1, 0.15) is 5.82 Å². The topological polar surface area (TPSA) is 85.1 Å². The fourth-order valence-electron chi connectivity index (χ4n) is 3.45. The highest BCUT2D eigenvalue weighted by molar-refractivity contribution is 5.85. The monoisotopic (exact) mass is 401 g/mol. The van der Waals surface area contributed by atoms with Crippen molar-refractivity contribution in [1.29, 1.82) is 5.26 Å². The Balaban J connectivity index is 0.00000280. The maximum Gasteiger partial charge on any atom is 0.229 e. The summed E-state index contributed by atoms with van der Waals surface area (Å²) in [7, 11) is 0. The highest BCUT2D eigenvalue weighted by Crippen LogP contribution is 2.27. The summed E-state index contributed by atoms with van der Waals surface area (Å²) in [5.74, 6) is 1.40. The van der Waals surface area contributed by atoms with E-state index in [9.17, 15) is 10.4 Å². The average Bonchev–Trinajstić information content (AvgIpc) is 3.16. The van der Waals surface area contributed by atoms with E-state index >= 15 is 0 Å². The largest absolute Gasteiger partial charge is 0.394 e. The molecule has 1 aromatic carbocycles. The van der Waals surface area contributed by atoms with Crippen molar-refractivity contribution >= 4 is 29.9 Å². The molecule has 150 valence electrons. The molecule has 6 nitrogen and oxygen atoms in total. The molecule has 2 heterocycles. The van der Waals surface area contributed by atoms with E-state index in [-0.39, 0.29) is 25.1 Å². The Morgan fingerprint density at radius 2 is 2.14 bits per heavy atom. The molecule has 0 bridgehead atoms. The molecular formula is C21H28ClN5O. The summed E-state index contributed by atoms with van der Waals surface area (Å²) in [4.78, 5) is 11.6. The molecule has 28 heavy (non-hydrogen) atoms. The van der Waals surface area contributed by atoms with Gasteiger partial charge in [-0.1, -0.05) is 19.4 Å². The van der Waals surface area contributed by atoms with E-state index in [4.69, 9.17) is 4.98 Å². The number of aliphatic hydroxyl groups is 1. The summed E-state index contributed by atoms with van der Waals surface area (Å²) >= 11 is 0. The highest BCUT2D eigenvalue weighted by atomic mass is 35.5. The molecule has 0 aliphatic carbocycles. The van der Waals surface area contributed by atoms with Crippen molar-refractivity contribution in [2.45, 2.75) is 52.0 Å². The van der Waals surface area contributed by atoms with Gasteiger partial charge in [-0.15, -0.1) is 12.4 Å². The summed E-state index contributed by atoms with van der Waals surface area (Å²) < 4.78 is 0. The van der Waals surface area contributed by atoms with E-state index in [0.717, 1.165) is 61.4 Å². The molecule has 0 radical (unpaired) electrons. The number of hydrogen-bond acceptors (Lipinski definition) is 6. The first-order valence-corrected chi connectivity index (χ1v) is 9.67. The first-order valence-electron chi connectivity index (χ1n) is 9.67. The van der Waals surface area contributed by atoms with Crippen LogP contribution >= 0.6 is 12.4 Å². The van der Waals surface area contributed by atoms with Gasteiger partial charge in [0.2, 0.25) is 5.95 Å². The van der Waals surface area contributed by atoms with Crippen molar-refractivity contribution < 1.29 is 5.11 Å². The number of hydrogen-bond donors (Lipinski definition) is 2. The smallest absolute Gasteiger partial charge is 0.229 e. The number of unbranched alkanes of at least 4 members (excludes halogenated alkanes) is 1. The van der Waals surface area contributed by atoms with Crippen molar-refractivity contribution in [3.05, 3.63) is 41.1 Å². The standard InChI is InChI=1S/C21H27N5O.ClH/c1-3-4-6-17-12-20(26-10-5-7-19(26)14-27)25-21(23-17)24-18-9-8-15(2)16(11-18)13-22;/h8-9,11-12,19,27H,3-7,10,14H2,1-2H3,(H,23,24,25);1H/t19-;/m0./s1. The third kappa shape index (κ3) is 5.12. The number of nitrogens with zero attached hydrogens (tertiary/aromatic N) is 4.